The number of pyridine rings is 1. The van der Waals surface area contributed by atoms with Crippen LogP contribution in [0.25, 0.3) is 0 Å². The molecule has 0 radical (unpaired) electrons. The summed E-state index contributed by atoms with van der Waals surface area (Å²) in [4.78, 5) is 4.26. The van der Waals surface area contributed by atoms with Crippen LogP contribution in [0.4, 0.5) is 4.39 Å². The van der Waals surface area contributed by atoms with Crippen molar-refractivity contribution in [3.63, 3.8) is 0 Å². The van der Waals surface area contributed by atoms with Gasteiger partial charge in [0.1, 0.15) is 6.61 Å². The second-order valence-corrected chi connectivity index (χ2v) is 4.19. The molecule has 2 aromatic rings. The minimum absolute atomic E-state index is 0.0859. The van der Waals surface area contributed by atoms with E-state index >= 15 is 0 Å². The van der Waals surface area contributed by atoms with Gasteiger partial charge in [-0.2, -0.15) is 0 Å². The summed E-state index contributed by atoms with van der Waals surface area (Å²) in [5, 5.41) is 11.3. The number of benzene rings is 1. The Morgan fingerprint density at radius 3 is 2.85 bits per heavy atom. The average molecular weight is 275 g/mol. The maximum atomic E-state index is 13.8. The van der Waals surface area contributed by atoms with Crippen molar-refractivity contribution in [3.8, 4) is 5.75 Å². The summed E-state index contributed by atoms with van der Waals surface area (Å²) < 4.78 is 19.2. The zero-order valence-corrected chi connectivity index (χ0v) is 10.9. The molecular weight excluding hydrogens is 261 g/mol. The third-order valence-corrected chi connectivity index (χ3v) is 2.66. The molecule has 0 saturated carbocycles. The van der Waals surface area contributed by atoms with Gasteiger partial charge in [-0.3, -0.25) is 4.98 Å². The first-order valence-corrected chi connectivity index (χ1v) is 5.93. The van der Waals surface area contributed by atoms with Crippen molar-refractivity contribution < 1.29 is 14.3 Å². The van der Waals surface area contributed by atoms with Gasteiger partial charge in [-0.05, 0) is 37.3 Å². The molecule has 0 atom stereocenters. The fourth-order valence-corrected chi connectivity index (χ4v) is 1.67. The molecule has 0 saturated heterocycles. The molecule has 20 heavy (non-hydrogen) atoms. The smallest absolute Gasteiger partial charge is 0.170 e. The van der Waals surface area contributed by atoms with Crippen LogP contribution in [0.1, 0.15) is 17.0 Å². The Kier molecular flexibility index (Phi) is 4.14. The van der Waals surface area contributed by atoms with Crippen molar-refractivity contribution in [1.82, 2.24) is 4.98 Å². The lowest BCUT2D eigenvalue weighted by Crippen LogP contribution is -2.13. The topological polar surface area (TPSA) is 80.7 Å². The van der Waals surface area contributed by atoms with Gasteiger partial charge in [-0.1, -0.05) is 11.2 Å². The van der Waals surface area contributed by atoms with Gasteiger partial charge in [0.2, 0.25) is 0 Å². The quantitative estimate of drug-likeness (QED) is 0.388. The molecule has 0 aliphatic heterocycles. The van der Waals surface area contributed by atoms with E-state index in [2.05, 4.69) is 10.1 Å². The van der Waals surface area contributed by atoms with Crippen LogP contribution in [-0.2, 0) is 6.61 Å². The highest BCUT2D eigenvalue weighted by Crippen LogP contribution is 2.19. The maximum absolute atomic E-state index is 13.8. The lowest BCUT2D eigenvalue weighted by Gasteiger charge is -2.08. The van der Waals surface area contributed by atoms with Crippen LogP contribution in [0.3, 0.4) is 0 Å². The molecule has 1 heterocycles. The van der Waals surface area contributed by atoms with E-state index in [9.17, 15) is 4.39 Å². The monoisotopic (exact) mass is 275 g/mol. The molecule has 0 bridgehead atoms. The molecule has 0 spiro atoms. The van der Waals surface area contributed by atoms with E-state index in [4.69, 9.17) is 15.7 Å². The largest absolute Gasteiger partial charge is 0.484 e. The Morgan fingerprint density at radius 2 is 2.20 bits per heavy atom. The Balaban J connectivity index is 2.11. The average Bonchev–Trinajstić information content (AvgIpc) is 2.45. The number of rotatable bonds is 4. The van der Waals surface area contributed by atoms with Gasteiger partial charge in [-0.15, -0.1) is 0 Å². The summed E-state index contributed by atoms with van der Waals surface area (Å²) in [6.07, 6.45) is 0. The van der Waals surface area contributed by atoms with Crippen molar-refractivity contribution in [2.75, 3.05) is 0 Å². The molecule has 2 rings (SSSR count). The second-order valence-electron chi connectivity index (χ2n) is 4.19. The molecule has 0 unspecified atom stereocenters. The lowest BCUT2D eigenvalue weighted by molar-refractivity contribution is 0.285. The standard InChI is InChI=1S/C14H14FN3O2/c1-9-3-2-4-11(17-9)8-20-13-6-5-10(7-12(13)15)14(16)18-19/h2-7,19H,8H2,1H3,(H2,16,18). The van der Waals surface area contributed by atoms with Crippen LogP contribution in [-0.4, -0.2) is 16.0 Å². The molecule has 0 fully saturated rings. The fourth-order valence-electron chi connectivity index (χ4n) is 1.67. The number of amidine groups is 1. The number of hydrogen-bond acceptors (Lipinski definition) is 4. The van der Waals surface area contributed by atoms with Crippen molar-refractivity contribution in [2.24, 2.45) is 10.9 Å². The normalized spacial score (nSPS) is 11.4. The van der Waals surface area contributed by atoms with Gasteiger partial charge in [0.05, 0.1) is 5.69 Å². The zero-order chi connectivity index (χ0) is 14.5. The van der Waals surface area contributed by atoms with E-state index in [0.29, 0.717) is 5.69 Å². The minimum Gasteiger partial charge on any atom is -0.484 e. The van der Waals surface area contributed by atoms with Crippen molar-refractivity contribution in [2.45, 2.75) is 13.5 Å². The number of nitrogens with zero attached hydrogens (tertiary/aromatic N) is 2. The molecule has 3 N–H and O–H groups in total. The Bertz CT molecular complexity index is 644. The number of aryl methyl sites for hydroxylation is 1. The van der Waals surface area contributed by atoms with Crippen LogP contribution in [0.5, 0.6) is 5.75 Å². The Hall–Kier alpha value is -2.63. The predicted octanol–water partition coefficient (Wildman–Crippen LogP) is 2.20. The van der Waals surface area contributed by atoms with E-state index in [0.717, 1.165) is 11.8 Å². The van der Waals surface area contributed by atoms with E-state index in [1.807, 2.05) is 19.1 Å². The molecule has 0 amide bonds. The number of nitrogens with two attached hydrogens (primary N) is 1. The molecule has 6 heteroatoms. The van der Waals surface area contributed by atoms with Gasteiger partial charge in [0, 0.05) is 11.3 Å². The number of halogens is 1. The van der Waals surface area contributed by atoms with Gasteiger partial charge in [0.15, 0.2) is 17.4 Å². The number of oxime groups is 1. The van der Waals surface area contributed by atoms with Crippen LogP contribution >= 0.6 is 0 Å². The third kappa shape index (κ3) is 3.23. The van der Waals surface area contributed by atoms with E-state index in [1.165, 1.54) is 12.1 Å². The van der Waals surface area contributed by atoms with E-state index in [1.54, 1.807) is 6.07 Å². The summed E-state index contributed by atoms with van der Waals surface area (Å²) >= 11 is 0. The van der Waals surface area contributed by atoms with E-state index in [-0.39, 0.29) is 23.8 Å². The van der Waals surface area contributed by atoms with Crippen LogP contribution < -0.4 is 10.5 Å². The molecule has 1 aromatic heterocycles. The lowest BCUT2D eigenvalue weighted by atomic mass is 10.2. The molecule has 5 nitrogen and oxygen atoms in total. The number of aromatic nitrogens is 1. The van der Waals surface area contributed by atoms with Crippen LogP contribution in [0.2, 0.25) is 0 Å². The van der Waals surface area contributed by atoms with Gasteiger partial charge in [0.25, 0.3) is 0 Å². The van der Waals surface area contributed by atoms with Crippen molar-refractivity contribution in [3.05, 3.63) is 59.2 Å². The first-order chi connectivity index (χ1) is 9.60. The summed E-state index contributed by atoms with van der Waals surface area (Å²) in [7, 11) is 0. The highest BCUT2D eigenvalue weighted by atomic mass is 19.1. The van der Waals surface area contributed by atoms with Gasteiger partial charge >= 0.3 is 0 Å². The van der Waals surface area contributed by atoms with Crippen molar-refractivity contribution >= 4 is 5.84 Å². The first kappa shape index (κ1) is 13.8. The van der Waals surface area contributed by atoms with Crippen LogP contribution in [0, 0.1) is 12.7 Å². The highest BCUT2D eigenvalue weighted by molar-refractivity contribution is 5.97. The summed E-state index contributed by atoms with van der Waals surface area (Å²) in [5.41, 5.74) is 7.24. The molecule has 0 aliphatic carbocycles. The highest BCUT2D eigenvalue weighted by Gasteiger charge is 2.08. The molecule has 1 aromatic carbocycles. The number of ether oxygens (including phenoxy) is 1. The SMILES string of the molecule is Cc1cccc(COc2ccc(/C(N)=N/O)cc2F)n1. The first-order valence-electron chi connectivity index (χ1n) is 5.93. The predicted molar refractivity (Wildman–Crippen MR) is 72.2 cm³/mol. The van der Waals surface area contributed by atoms with Crippen LogP contribution in [0.15, 0.2) is 41.6 Å². The Labute approximate surface area is 115 Å². The summed E-state index contributed by atoms with van der Waals surface area (Å²) in [6.45, 7) is 2.04. The summed E-state index contributed by atoms with van der Waals surface area (Å²) in [5.74, 6) is -0.652. The van der Waals surface area contributed by atoms with Gasteiger partial charge < -0.3 is 15.7 Å². The van der Waals surface area contributed by atoms with E-state index < -0.39 is 5.82 Å². The zero-order valence-electron chi connectivity index (χ0n) is 10.9. The Morgan fingerprint density at radius 1 is 1.40 bits per heavy atom. The maximum Gasteiger partial charge on any atom is 0.170 e. The van der Waals surface area contributed by atoms with Gasteiger partial charge in [-0.25, -0.2) is 4.39 Å². The number of hydrogen-bond donors (Lipinski definition) is 2. The molecule has 104 valence electrons. The molecule has 0 aliphatic rings. The third-order valence-electron chi connectivity index (χ3n) is 2.66. The summed E-state index contributed by atoms with van der Waals surface area (Å²) in [6, 6.07) is 9.62. The fraction of sp³-hybridized carbons (Fsp3) is 0.143. The molecular formula is C14H14FN3O2. The second kappa shape index (κ2) is 6.01. The van der Waals surface area contributed by atoms with Crippen molar-refractivity contribution in [1.29, 1.82) is 0 Å². The minimum atomic E-state index is -0.582.